The molecule has 2 aromatic rings. The highest BCUT2D eigenvalue weighted by molar-refractivity contribution is 5.76. The fourth-order valence-corrected chi connectivity index (χ4v) is 1.71. The van der Waals surface area contributed by atoms with Crippen LogP contribution in [0, 0.1) is 6.92 Å². The van der Waals surface area contributed by atoms with E-state index in [-0.39, 0.29) is 6.03 Å². The molecule has 1 aromatic carbocycles. The number of nitrogens with zero attached hydrogens (tertiary/aromatic N) is 1. The van der Waals surface area contributed by atoms with E-state index in [9.17, 15) is 4.79 Å². The predicted molar refractivity (Wildman–Crippen MR) is 65.3 cm³/mol. The maximum atomic E-state index is 10.9. The summed E-state index contributed by atoms with van der Waals surface area (Å²) in [7, 11) is 0. The molecular weight excluding hydrogens is 218 g/mol. The second-order valence-electron chi connectivity index (χ2n) is 3.82. The molecule has 2 amide bonds. The van der Waals surface area contributed by atoms with E-state index >= 15 is 0 Å². The maximum absolute atomic E-state index is 10.9. The molecule has 0 atom stereocenters. The van der Waals surface area contributed by atoms with E-state index in [1.807, 2.05) is 30.5 Å². The van der Waals surface area contributed by atoms with Gasteiger partial charge in [0.25, 0.3) is 0 Å². The average Bonchev–Trinajstić information content (AvgIpc) is 2.68. The molecule has 0 saturated heterocycles. The second-order valence-corrected chi connectivity index (χ2v) is 3.82. The molecule has 1 aromatic heterocycles. The Bertz CT molecular complexity index is 534. The number of carbonyl (C=O) groups excluding carboxylic acids is 1. The molecule has 0 aliphatic carbocycles. The molecule has 0 fully saturated rings. The number of nitrogens with one attached hydrogen (secondary N) is 3. The number of fused-ring (bicyclic) bond motifs is 1. The van der Waals surface area contributed by atoms with Crippen LogP contribution in [0.3, 0.4) is 0 Å². The van der Waals surface area contributed by atoms with Gasteiger partial charge in [-0.05, 0) is 31.0 Å². The van der Waals surface area contributed by atoms with Crippen LogP contribution in [0.25, 0.3) is 11.0 Å². The van der Waals surface area contributed by atoms with E-state index in [1.165, 1.54) is 0 Å². The predicted octanol–water partition coefficient (Wildman–Crippen LogP) is 0.587. The minimum atomic E-state index is -0.372. The zero-order chi connectivity index (χ0) is 12.3. The number of aromatic nitrogens is 2. The first-order valence-corrected chi connectivity index (χ1v) is 5.39. The van der Waals surface area contributed by atoms with E-state index in [1.54, 1.807) is 0 Å². The molecule has 17 heavy (non-hydrogen) atoms. The Labute approximate surface area is 98.6 Å². The summed E-state index contributed by atoms with van der Waals surface area (Å²) >= 11 is 0. The summed E-state index contributed by atoms with van der Waals surface area (Å²) in [6, 6.07) is 5.64. The van der Waals surface area contributed by atoms with Gasteiger partial charge in [0.05, 0.1) is 11.0 Å². The Morgan fingerprint density at radius 1 is 1.53 bits per heavy atom. The number of hydrazine groups is 1. The van der Waals surface area contributed by atoms with Crippen LogP contribution in [0.15, 0.2) is 18.2 Å². The summed E-state index contributed by atoms with van der Waals surface area (Å²) < 4.78 is 0. The molecule has 0 bridgehead atoms. The maximum Gasteiger partial charge on any atom is 0.328 e. The quantitative estimate of drug-likeness (QED) is 0.355. The number of aryl methyl sites for hydroxylation is 1. The van der Waals surface area contributed by atoms with Gasteiger partial charge >= 0.3 is 6.03 Å². The Morgan fingerprint density at radius 3 is 3.12 bits per heavy atom. The van der Waals surface area contributed by atoms with Gasteiger partial charge in [-0.3, -0.25) is 5.43 Å². The topological polar surface area (TPSA) is 95.8 Å². The third-order valence-corrected chi connectivity index (χ3v) is 2.50. The van der Waals surface area contributed by atoms with Crippen LogP contribution in [0.1, 0.15) is 11.4 Å². The van der Waals surface area contributed by atoms with Gasteiger partial charge in [0.2, 0.25) is 0 Å². The van der Waals surface area contributed by atoms with Crippen molar-refractivity contribution in [2.24, 2.45) is 5.84 Å². The number of H-pyrrole nitrogens is 1. The van der Waals surface area contributed by atoms with Crippen molar-refractivity contribution in [2.45, 2.75) is 13.3 Å². The van der Waals surface area contributed by atoms with Crippen molar-refractivity contribution >= 4 is 17.1 Å². The number of carbonyl (C=O) groups is 1. The fraction of sp³-hybridized carbons (Fsp3) is 0.273. The molecule has 0 saturated carbocycles. The summed E-state index contributed by atoms with van der Waals surface area (Å²) in [5.41, 5.74) is 5.13. The van der Waals surface area contributed by atoms with E-state index in [4.69, 9.17) is 5.84 Å². The SMILES string of the molecule is Cc1nc2ccc(CCNC(=O)NN)cc2[nH]1. The van der Waals surface area contributed by atoms with Crippen molar-refractivity contribution in [1.29, 1.82) is 0 Å². The lowest BCUT2D eigenvalue weighted by atomic mass is 10.1. The first-order chi connectivity index (χ1) is 8.19. The minimum Gasteiger partial charge on any atom is -0.342 e. The van der Waals surface area contributed by atoms with Crippen molar-refractivity contribution in [1.82, 2.24) is 20.7 Å². The molecule has 5 N–H and O–H groups in total. The molecule has 1 heterocycles. The van der Waals surface area contributed by atoms with Crippen LogP contribution in [0.4, 0.5) is 4.79 Å². The van der Waals surface area contributed by atoms with Crippen LogP contribution in [-0.2, 0) is 6.42 Å². The third kappa shape index (κ3) is 2.73. The molecule has 0 aliphatic rings. The Hall–Kier alpha value is -2.08. The Morgan fingerprint density at radius 2 is 2.35 bits per heavy atom. The number of hydrogen-bond donors (Lipinski definition) is 4. The van der Waals surface area contributed by atoms with Gasteiger partial charge in [-0.1, -0.05) is 6.07 Å². The first-order valence-electron chi connectivity index (χ1n) is 5.39. The van der Waals surface area contributed by atoms with Crippen molar-refractivity contribution in [3.8, 4) is 0 Å². The van der Waals surface area contributed by atoms with Crippen molar-refractivity contribution in [2.75, 3.05) is 6.54 Å². The first kappa shape index (κ1) is 11.4. The van der Waals surface area contributed by atoms with Gasteiger partial charge in [-0.25, -0.2) is 15.6 Å². The minimum absolute atomic E-state index is 0.372. The van der Waals surface area contributed by atoms with Crippen LogP contribution in [0.5, 0.6) is 0 Å². The van der Waals surface area contributed by atoms with E-state index < -0.39 is 0 Å². The van der Waals surface area contributed by atoms with Crippen LogP contribution in [0.2, 0.25) is 0 Å². The highest BCUT2D eigenvalue weighted by atomic mass is 16.2. The lowest BCUT2D eigenvalue weighted by molar-refractivity contribution is 0.241. The monoisotopic (exact) mass is 233 g/mol. The molecule has 90 valence electrons. The lowest BCUT2D eigenvalue weighted by Crippen LogP contribution is -2.40. The van der Waals surface area contributed by atoms with Crippen LogP contribution in [-0.4, -0.2) is 22.5 Å². The van der Waals surface area contributed by atoms with Gasteiger partial charge in [0.15, 0.2) is 0 Å². The number of benzene rings is 1. The summed E-state index contributed by atoms with van der Waals surface area (Å²) in [5.74, 6) is 5.85. The smallest absolute Gasteiger partial charge is 0.328 e. The number of nitrogens with two attached hydrogens (primary N) is 1. The Balaban J connectivity index is 2.01. The van der Waals surface area contributed by atoms with Crippen LogP contribution < -0.4 is 16.6 Å². The second kappa shape index (κ2) is 4.84. The molecule has 2 rings (SSSR count). The zero-order valence-electron chi connectivity index (χ0n) is 9.58. The summed E-state index contributed by atoms with van der Waals surface area (Å²) in [6.07, 6.45) is 0.751. The summed E-state index contributed by atoms with van der Waals surface area (Å²) in [5, 5.41) is 2.63. The number of amides is 2. The van der Waals surface area contributed by atoms with Crippen molar-refractivity contribution < 1.29 is 4.79 Å². The molecule has 6 heteroatoms. The van der Waals surface area contributed by atoms with E-state index in [0.29, 0.717) is 6.54 Å². The highest BCUT2D eigenvalue weighted by Gasteiger charge is 2.01. The Kier molecular flexibility index (Phi) is 3.24. The van der Waals surface area contributed by atoms with Crippen molar-refractivity contribution in [3.63, 3.8) is 0 Å². The zero-order valence-corrected chi connectivity index (χ0v) is 9.58. The normalized spacial score (nSPS) is 10.5. The molecule has 6 nitrogen and oxygen atoms in total. The molecule has 0 radical (unpaired) electrons. The standard InChI is InChI=1S/C11H15N5O/c1-7-14-9-3-2-8(6-10(9)15-7)4-5-13-11(17)16-12/h2-3,6H,4-5,12H2,1H3,(H,14,15)(H2,13,16,17). The third-order valence-electron chi connectivity index (χ3n) is 2.50. The van der Waals surface area contributed by atoms with Crippen LogP contribution >= 0.6 is 0 Å². The lowest BCUT2D eigenvalue weighted by Gasteiger charge is -2.04. The molecule has 0 aliphatic heterocycles. The number of rotatable bonds is 3. The summed E-state index contributed by atoms with van der Waals surface area (Å²) in [6.45, 7) is 2.47. The van der Waals surface area contributed by atoms with Gasteiger partial charge in [0, 0.05) is 6.54 Å². The van der Waals surface area contributed by atoms with E-state index in [0.717, 1.165) is 28.8 Å². The highest BCUT2D eigenvalue weighted by Crippen LogP contribution is 2.13. The van der Waals surface area contributed by atoms with Gasteiger partial charge in [0.1, 0.15) is 5.82 Å². The van der Waals surface area contributed by atoms with Gasteiger partial charge in [-0.15, -0.1) is 0 Å². The molecular formula is C11H15N5O. The summed E-state index contributed by atoms with van der Waals surface area (Å²) in [4.78, 5) is 18.4. The average molecular weight is 233 g/mol. The largest absolute Gasteiger partial charge is 0.342 e. The number of aromatic amines is 1. The van der Waals surface area contributed by atoms with Gasteiger partial charge in [-0.2, -0.15) is 0 Å². The van der Waals surface area contributed by atoms with Gasteiger partial charge < -0.3 is 10.3 Å². The fourth-order valence-electron chi connectivity index (χ4n) is 1.71. The van der Waals surface area contributed by atoms with E-state index in [2.05, 4.69) is 15.3 Å². The van der Waals surface area contributed by atoms with Crippen molar-refractivity contribution in [3.05, 3.63) is 29.6 Å². The number of urea groups is 1. The molecule has 0 spiro atoms. The number of hydrogen-bond acceptors (Lipinski definition) is 3. The molecule has 0 unspecified atom stereocenters. The number of imidazole rings is 1.